The summed E-state index contributed by atoms with van der Waals surface area (Å²) in [4.78, 5) is 28.0. The first-order chi connectivity index (χ1) is 11.7. The van der Waals surface area contributed by atoms with Crippen molar-refractivity contribution in [2.75, 3.05) is 13.1 Å². The lowest BCUT2D eigenvalue weighted by Gasteiger charge is -2.07. The monoisotopic (exact) mass is 323 g/mol. The van der Waals surface area contributed by atoms with Gasteiger partial charge >= 0.3 is 0 Å². The molecule has 0 radical (unpaired) electrons. The van der Waals surface area contributed by atoms with E-state index in [-0.39, 0.29) is 17.5 Å². The molecule has 24 heavy (non-hydrogen) atoms. The first kappa shape index (κ1) is 17.4. The number of nitrogens with one attached hydrogen (secondary N) is 2. The van der Waals surface area contributed by atoms with Crippen molar-refractivity contribution < 1.29 is 9.59 Å². The van der Waals surface area contributed by atoms with Crippen LogP contribution in [0.4, 0.5) is 0 Å². The normalized spacial score (nSPS) is 10.0. The Kier molecular flexibility index (Phi) is 6.71. The van der Waals surface area contributed by atoms with Crippen LogP contribution in [0.25, 0.3) is 0 Å². The van der Waals surface area contributed by atoms with Gasteiger partial charge in [0.2, 0.25) is 0 Å². The smallest absolute Gasteiger partial charge is 0.269 e. The molecule has 2 amide bonds. The van der Waals surface area contributed by atoms with E-state index in [1.54, 1.807) is 12.1 Å². The third kappa shape index (κ3) is 5.35. The largest absolute Gasteiger partial charge is 0.351 e. The van der Waals surface area contributed by atoms with Crippen LogP contribution in [-0.2, 0) is 6.42 Å². The van der Waals surface area contributed by atoms with Crippen molar-refractivity contribution in [1.82, 2.24) is 15.6 Å². The quantitative estimate of drug-likeness (QED) is 0.579. The van der Waals surface area contributed by atoms with Crippen molar-refractivity contribution in [2.24, 2.45) is 0 Å². The van der Waals surface area contributed by atoms with Gasteiger partial charge in [-0.25, -0.2) is 0 Å². The highest BCUT2D eigenvalue weighted by molar-refractivity contribution is 5.98. The summed E-state index contributed by atoms with van der Waals surface area (Å²) in [5, 5.41) is 5.50. The number of nitrogens with zero attached hydrogens (tertiary/aromatic N) is 1. The van der Waals surface area contributed by atoms with Crippen LogP contribution in [0.3, 0.4) is 0 Å². The first-order valence-electron chi connectivity index (χ1n) is 7.88. The number of hydrogen-bond donors (Lipinski definition) is 2. The minimum atomic E-state index is -0.276. The number of rotatable bonds is 8. The summed E-state index contributed by atoms with van der Waals surface area (Å²) >= 11 is 0. The predicted molar refractivity (Wildman–Crippen MR) is 93.9 cm³/mol. The highest BCUT2D eigenvalue weighted by atomic mass is 16.2. The molecule has 2 aromatic rings. The molecule has 5 heteroatoms. The number of carbonyl (C=O) groups excluding carboxylic acids is 2. The number of pyridine rings is 1. The molecule has 2 rings (SSSR count). The van der Waals surface area contributed by atoms with Gasteiger partial charge in [-0.15, -0.1) is 6.58 Å². The maximum absolute atomic E-state index is 12.1. The van der Waals surface area contributed by atoms with Gasteiger partial charge in [-0.05, 0) is 30.5 Å². The van der Waals surface area contributed by atoms with Crippen LogP contribution < -0.4 is 10.6 Å². The molecule has 0 unspecified atom stereocenters. The second-order valence-electron chi connectivity index (χ2n) is 5.27. The van der Waals surface area contributed by atoms with E-state index in [0.717, 1.165) is 12.8 Å². The average molecular weight is 323 g/mol. The fraction of sp³-hybridized carbons (Fsp3) is 0.211. The topological polar surface area (TPSA) is 71.1 Å². The summed E-state index contributed by atoms with van der Waals surface area (Å²) in [5.41, 5.74) is 1.88. The third-order valence-electron chi connectivity index (χ3n) is 3.43. The molecule has 5 nitrogen and oxygen atoms in total. The molecule has 0 aliphatic heterocycles. The maximum atomic E-state index is 12.1. The Hall–Kier alpha value is -2.95. The summed E-state index contributed by atoms with van der Waals surface area (Å²) in [5.74, 6) is -0.531. The van der Waals surface area contributed by atoms with E-state index >= 15 is 0 Å². The summed E-state index contributed by atoms with van der Waals surface area (Å²) in [6.45, 7) is 4.48. The Morgan fingerprint density at radius 1 is 1.08 bits per heavy atom. The molecule has 0 atom stereocenters. The van der Waals surface area contributed by atoms with E-state index in [9.17, 15) is 9.59 Å². The van der Waals surface area contributed by atoms with Gasteiger partial charge < -0.3 is 10.6 Å². The number of hydrogen-bond acceptors (Lipinski definition) is 3. The minimum absolute atomic E-state index is 0.237. The zero-order chi connectivity index (χ0) is 17.2. The lowest BCUT2D eigenvalue weighted by molar-refractivity contribution is 0.0948. The van der Waals surface area contributed by atoms with Crippen LogP contribution in [0, 0.1) is 0 Å². The number of carbonyl (C=O) groups is 2. The van der Waals surface area contributed by atoms with Crippen LogP contribution >= 0.6 is 0 Å². The van der Waals surface area contributed by atoms with Crippen molar-refractivity contribution in [3.8, 4) is 0 Å². The Balaban J connectivity index is 1.83. The summed E-state index contributed by atoms with van der Waals surface area (Å²) in [6.07, 6.45) is 4.80. The van der Waals surface area contributed by atoms with Gasteiger partial charge in [-0.1, -0.05) is 36.4 Å². The minimum Gasteiger partial charge on any atom is -0.351 e. The van der Waals surface area contributed by atoms with Crippen LogP contribution in [0.1, 0.15) is 32.8 Å². The van der Waals surface area contributed by atoms with Crippen molar-refractivity contribution >= 4 is 11.8 Å². The number of benzene rings is 1. The Morgan fingerprint density at radius 3 is 2.62 bits per heavy atom. The number of amides is 2. The molecule has 1 aromatic carbocycles. The summed E-state index contributed by atoms with van der Waals surface area (Å²) < 4.78 is 0. The van der Waals surface area contributed by atoms with E-state index in [1.807, 2.05) is 18.2 Å². The summed E-state index contributed by atoms with van der Waals surface area (Å²) in [6, 6.07) is 13.2. The molecule has 0 saturated heterocycles. The lowest BCUT2D eigenvalue weighted by Crippen LogP contribution is -2.27. The second-order valence-corrected chi connectivity index (χ2v) is 5.27. The first-order valence-corrected chi connectivity index (χ1v) is 7.88. The van der Waals surface area contributed by atoms with Crippen LogP contribution in [0.15, 0.2) is 61.3 Å². The van der Waals surface area contributed by atoms with Gasteiger partial charge in [0.25, 0.3) is 11.8 Å². The van der Waals surface area contributed by atoms with Crippen LogP contribution in [0.5, 0.6) is 0 Å². The molecular formula is C19H21N3O2. The molecule has 1 aromatic heterocycles. The predicted octanol–water partition coefficient (Wildman–Crippen LogP) is 2.36. The Bertz CT molecular complexity index is 699. The Morgan fingerprint density at radius 2 is 1.88 bits per heavy atom. The molecule has 0 aliphatic carbocycles. The third-order valence-corrected chi connectivity index (χ3v) is 3.43. The molecule has 1 heterocycles. The maximum Gasteiger partial charge on any atom is 0.269 e. The zero-order valence-corrected chi connectivity index (χ0v) is 13.5. The fourth-order valence-corrected chi connectivity index (χ4v) is 2.19. The molecule has 0 bridgehead atoms. The van der Waals surface area contributed by atoms with Crippen LogP contribution in [-0.4, -0.2) is 29.9 Å². The summed E-state index contributed by atoms with van der Waals surface area (Å²) in [7, 11) is 0. The van der Waals surface area contributed by atoms with Crippen molar-refractivity contribution in [3.63, 3.8) is 0 Å². The van der Waals surface area contributed by atoms with Gasteiger partial charge in [-0.2, -0.15) is 0 Å². The standard InChI is InChI=1S/C19H21N3O2/c1-2-11-21-18(23)16-10-13-20-17(14-16)19(24)22-12-6-9-15-7-4-3-5-8-15/h2-5,7-8,10,13-14H,1,6,9,11-12H2,(H,21,23)(H,22,24). The highest BCUT2D eigenvalue weighted by Crippen LogP contribution is 2.04. The number of aryl methyl sites for hydroxylation is 1. The van der Waals surface area contributed by atoms with Gasteiger partial charge in [0.1, 0.15) is 5.69 Å². The van der Waals surface area contributed by atoms with Gasteiger partial charge in [0.15, 0.2) is 0 Å². The molecule has 0 spiro atoms. The molecular weight excluding hydrogens is 302 g/mol. The molecule has 0 fully saturated rings. The molecule has 124 valence electrons. The highest BCUT2D eigenvalue weighted by Gasteiger charge is 2.11. The lowest BCUT2D eigenvalue weighted by atomic mass is 10.1. The van der Waals surface area contributed by atoms with Crippen molar-refractivity contribution in [1.29, 1.82) is 0 Å². The fourth-order valence-electron chi connectivity index (χ4n) is 2.19. The van der Waals surface area contributed by atoms with Gasteiger partial charge in [-0.3, -0.25) is 14.6 Å². The van der Waals surface area contributed by atoms with Crippen molar-refractivity contribution in [2.45, 2.75) is 12.8 Å². The van der Waals surface area contributed by atoms with Gasteiger partial charge in [0.05, 0.1) is 0 Å². The molecule has 0 saturated carbocycles. The number of aromatic nitrogens is 1. The van der Waals surface area contributed by atoms with Crippen LogP contribution in [0.2, 0.25) is 0 Å². The van der Waals surface area contributed by atoms with E-state index in [0.29, 0.717) is 18.7 Å². The second kappa shape index (κ2) is 9.25. The average Bonchev–Trinajstić information content (AvgIpc) is 2.64. The Labute approximate surface area is 141 Å². The van der Waals surface area contributed by atoms with E-state index in [2.05, 4.69) is 34.3 Å². The zero-order valence-electron chi connectivity index (χ0n) is 13.5. The van der Waals surface area contributed by atoms with E-state index in [1.165, 1.54) is 17.8 Å². The molecule has 2 N–H and O–H groups in total. The van der Waals surface area contributed by atoms with Crippen molar-refractivity contribution in [3.05, 3.63) is 78.1 Å². The SMILES string of the molecule is C=CCNC(=O)c1ccnc(C(=O)NCCCc2ccccc2)c1. The van der Waals surface area contributed by atoms with E-state index in [4.69, 9.17) is 0 Å². The van der Waals surface area contributed by atoms with E-state index < -0.39 is 0 Å². The molecule has 0 aliphatic rings. The van der Waals surface area contributed by atoms with Gasteiger partial charge in [0, 0.05) is 24.8 Å².